The van der Waals surface area contributed by atoms with Crippen molar-refractivity contribution in [2.45, 2.75) is 18.9 Å². The highest BCUT2D eigenvalue weighted by atomic mass is 16.5. The number of piperidine rings is 1. The van der Waals surface area contributed by atoms with Crippen LogP contribution in [-0.2, 0) is 4.74 Å². The fraction of sp³-hybridized carbons (Fsp3) is 0.562. The van der Waals surface area contributed by atoms with Crippen molar-refractivity contribution < 1.29 is 14.3 Å². The van der Waals surface area contributed by atoms with Crippen molar-refractivity contribution in [3.05, 3.63) is 30.1 Å². The topological polar surface area (TPSA) is 74.8 Å². The van der Waals surface area contributed by atoms with Gasteiger partial charge in [0.2, 0.25) is 0 Å². The van der Waals surface area contributed by atoms with Crippen LogP contribution in [0.5, 0.6) is 0 Å². The number of aromatic nitrogens is 1. The van der Waals surface area contributed by atoms with Crippen molar-refractivity contribution in [1.29, 1.82) is 0 Å². The molecular weight excluding hydrogens is 296 g/mol. The molecule has 0 atom stereocenters. The van der Waals surface area contributed by atoms with Crippen LogP contribution >= 0.6 is 0 Å². The molecule has 2 aliphatic rings. The maximum absolute atomic E-state index is 12.4. The Hall–Kier alpha value is -2.15. The largest absolute Gasteiger partial charge is 0.378 e. The zero-order valence-electron chi connectivity index (χ0n) is 13.1. The number of likely N-dealkylation sites (tertiary alicyclic amines) is 1. The van der Waals surface area contributed by atoms with Crippen molar-refractivity contribution in [3.8, 4) is 0 Å². The van der Waals surface area contributed by atoms with E-state index in [0.717, 1.165) is 12.8 Å². The lowest BCUT2D eigenvalue weighted by Gasteiger charge is -2.34. The van der Waals surface area contributed by atoms with E-state index in [2.05, 4.69) is 10.3 Å². The molecule has 124 valence electrons. The third-order valence-electron chi connectivity index (χ3n) is 4.32. The number of nitrogens with zero attached hydrogens (tertiary/aromatic N) is 3. The summed E-state index contributed by atoms with van der Waals surface area (Å²) in [5.41, 5.74) is 0.614. The SMILES string of the molecule is O=C(NC1CCN(C(=O)c2cccnc2)CC1)N1CCOCC1. The number of amides is 3. The Kier molecular flexibility index (Phi) is 5.07. The monoisotopic (exact) mass is 318 g/mol. The molecule has 0 aromatic carbocycles. The number of hydrogen-bond donors (Lipinski definition) is 1. The van der Waals surface area contributed by atoms with E-state index in [1.165, 1.54) is 0 Å². The van der Waals surface area contributed by atoms with Gasteiger partial charge in [-0.25, -0.2) is 4.79 Å². The third kappa shape index (κ3) is 3.98. The summed E-state index contributed by atoms with van der Waals surface area (Å²) in [5, 5.41) is 3.07. The Morgan fingerprint density at radius 3 is 2.52 bits per heavy atom. The Labute approximate surface area is 135 Å². The van der Waals surface area contributed by atoms with Crippen LogP contribution in [0.25, 0.3) is 0 Å². The molecule has 0 unspecified atom stereocenters. The Morgan fingerprint density at radius 2 is 1.87 bits per heavy atom. The van der Waals surface area contributed by atoms with Crippen LogP contribution in [0, 0.1) is 0 Å². The van der Waals surface area contributed by atoms with Gasteiger partial charge in [0, 0.05) is 44.6 Å². The number of ether oxygens (including phenoxy) is 1. The number of pyridine rings is 1. The first-order valence-electron chi connectivity index (χ1n) is 8.06. The molecule has 0 saturated carbocycles. The molecule has 7 nitrogen and oxygen atoms in total. The Balaban J connectivity index is 1.46. The average Bonchev–Trinajstić information content (AvgIpc) is 2.63. The van der Waals surface area contributed by atoms with Crippen LogP contribution in [0.3, 0.4) is 0 Å². The van der Waals surface area contributed by atoms with Gasteiger partial charge < -0.3 is 19.9 Å². The molecule has 1 N–H and O–H groups in total. The summed E-state index contributed by atoms with van der Waals surface area (Å²) in [5.74, 6) is 0.0102. The van der Waals surface area contributed by atoms with E-state index in [1.807, 2.05) is 4.90 Å². The van der Waals surface area contributed by atoms with Crippen LogP contribution in [-0.4, -0.2) is 72.2 Å². The third-order valence-corrected chi connectivity index (χ3v) is 4.32. The number of carbonyl (C=O) groups is 2. The zero-order chi connectivity index (χ0) is 16.1. The predicted octanol–water partition coefficient (Wildman–Crippen LogP) is 0.728. The number of urea groups is 1. The molecule has 3 rings (SSSR count). The van der Waals surface area contributed by atoms with E-state index < -0.39 is 0 Å². The molecule has 2 fully saturated rings. The molecule has 0 radical (unpaired) electrons. The highest BCUT2D eigenvalue weighted by Gasteiger charge is 2.26. The second kappa shape index (κ2) is 7.41. The summed E-state index contributed by atoms with van der Waals surface area (Å²) in [6.07, 6.45) is 4.81. The Morgan fingerprint density at radius 1 is 1.13 bits per heavy atom. The average molecular weight is 318 g/mol. The maximum atomic E-state index is 12.4. The van der Waals surface area contributed by atoms with Gasteiger partial charge >= 0.3 is 6.03 Å². The molecule has 0 aliphatic carbocycles. The number of nitrogens with one attached hydrogen (secondary N) is 1. The minimum Gasteiger partial charge on any atom is -0.378 e. The van der Waals surface area contributed by atoms with Gasteiger partial charge in [-0.3, -0.25) is 9.78 Å². The van der Waals surface area contributed by atoms with Crippen LogP contribution in [0.4, 0.5) is 4.79 Å². The quantitative estimate of drug-likeness (QED) is 0.872. The molecule has 23 heavy (non-hydrogen) atoms. The van der Waals surface area contributed by atoms with Crippen molar-refractivity contribution in [3.63, 3.8) is 0 Å². The lowest BCUT2D eigenvalue weighted by atomic mass is 10.0. The zero-order valence-corrected chi connectivity index (χ0v) is 13.1. The molecular formula is C16H22N4O3. The molecule has 3 amide bonds. The number of morpholine rings is 1. The normalized spacial score (nSPS) is 19.5. The van der Waals surface area contributed by atoms with Crippen molar-refractivity contribution >= 4 is 11.9 Å². The molecule has 1 aromatic heterocycles. The van der Waals surface area contributed by atoms with Crippen LogP contribution in [0.2, 0.25) is 0 Å². The molecule has 0 spiro atoms. The van der Waals surface area contributed by atoms with Crippen LogP contribution in [0.1, 0.15) is 23.2 Å². The van der Waals surface area contributed by atoms with E-state index >= 15 is 0 Å². The van der Waals surface area contributed by atoms with Crippen molar-refractivity contribution in [2.24, 2.45) is 0 Å². The molecule has 2 aliphatic heterocycles. The fourth-order valence-electron chi connectivity index (χ4n) is 2.93. The summed E-state index contributed by atoms with van der Waals surface area (Å²) >= 11 is 0. The first kappa shape index (κ1) is 15.7. The number of carbonyl (C=O) groups excluding carboxylic acids is 2. The van der Waals surface area contributed by atoms with E-state index in [0.29, 0.717) is 45.0 Å². The maximum Gasteiger partial charge on any atom is 0.317 e. The second-order valence-corrected chi connectivity index (χ2v) is 5.86. The first-order chi connectivity index (χ1) is 11.2. The fourth-order valence-corrected chi connectivity index (χ4v) is 2.93. The minimum atomic E-state index is -0.0228. The molecule has 0 bridgehead atoms. The standard InChI is InChI=1S/C16H22N4O3/c21-15(13-2-1-5-17-12-13)19-6-3-14(4-7-19)18-16(22)20-8-10-23-11-9-20/h1-2,5,12,14H,3-4,6-11H2,(H,18,22). The van der Waals surface area contributed by atoms with Gasteiger partial charge in [0.05, 0.1) is 18.8 Å². The summed E-state index contributed by atoms with van der Waals surface area (Å²) in [6.45, 7) is 3.80. The van der Waals surface area contributed by atoms with E-state index in [-0.39, 0.29) is 18.0 Å². The minimum absolute atomic E-state index is 0.0102. The van der Waals surface area contributed by atoms with Gasteiger partial charge in [-0.2, -0.15) is 0 Å². The lowest BCUT2D eigenvalue weighted by molar-refractivity contribution is 0.0512. The second-order valence-electron chi connectivity index (χ2n) is 5.86. The van der Waals surface area contributed by atoms with Crippen LogP contribution < -0.4 is 5.32 Å². The van der Waals surface area contributed by atoms with Crippen molar-refractivity contribution in [2.75, 3.05) is 39.4 Å². The molecule has 2 saturated heterocycles. The van der Waals surface area contributed by atoms with Gasteiger partial charge in [-0.1, -0.05) is 0 Å². The van der Waals surface area contributed by atoms with Crippen LogP contribution in [0.15, 0.2) is 24.5 Å². The predicted molar refractivity (Wildman–Crippen MR) is 84.1 cm³/mol. The van der Waals surface area contributed by atoms with Gasteiger partial charge in [-0.15, -0.1) is 0 Å². The highest BCUT2D eigenvalue weighted by Crippen LogP contribution is 2.14. The molecule has 1 aromatic rings. The van der Waals surface area contributed by atoms with Gasteiger partial charge in [0.25, 0.3) is 5.91 Å². The van der Waals surface area contributed by atoms with Gasteiger partial charge in [0.15, 0.2) is 0 Å². The number of rotatable bonds is 2. The number of hydrogen-bond acceptors (Lipinski definition) is 4. The Bertz CT molecular complexity index is 538. The summed E-state index contributed by atoms with van der Waals surface area (Å²) in [4.78, 5) is 32.1. The highest BCUT2D eigenvalue weighted by molar-refractivity contribution is 5.93. The van der Waals surface area contributed by atoms with Crippen molar-refractivity contribution in [1.82, 2.24) is 20.1 Å². The first-order valence-corrected chi connectivity index (χ1v) is 8.06. The summed E-state index contributed by atoms with van der Waals surface area (Å²) < 4.78 is 5.25. The van der Waals surface area contributed by atoms with E-state index in [4.69, 9.17) is 4.74 Å². The summed E-state index contributed by atoms with van der Waals surface area (Å²) in [7, 11) is 0. The summed E-state index contributed by atoms with van der Waals surface area (Å²) in [6, 6.07) is 3.65. The van der Waals surface area contributed by atoms with Gasteiger partial charge in [0.1, 0.15) is 0 Å². The lowest BCUT2D eigenvalue weighted by Crippen LogP contribution is -2.52. The molecule has 3 heterocycles. The smallest absolute Gasteiger partial charge is 0.317 e. The molecule has 7 heteroatoms. The van der Waals surface area contributed by atoms with Gasteiger partial charge in [-0.05, 0) is 25.0 Å². The van der Waals surface area contributed by atoms with E-state index in [1.54, 1.807) is 29.4 Å². The van der Waals surface area contributed by atoms with E-state index in [9.17, 15) is 9.59 Å².